The van der Waals surface area contributed by atoms with Gasteiger partial charge >= 0.3 is 5.92 Å². The van der Waals surface area contributed by atoms with E-state index in [0.717, 1.165) is 12.1 Å². The lowest BCUT2D eigenvalue weighted by Crippen LogP contribution is -2.33. The van der Waals surface area contributed by atoms with Crippen molar-refractivity contribution in [2.75, 3.05) is 0 Å². The van der Waals surface area contributed by atoms with Crippen molar-refractivity contribution in [1.82, 2.24) is 0 Å². The Morgan fingerprint density at radius 1 is 0.897 bits per heavy atom. The third-order valence-electron chi connectivity index (χ3n) is 4.90. The number of halogens is 6. The molecule has 1 aliphatic rings. The molecule has 0 radical (unpaired) electrons. The fourth-order valence-corrected chi connectivity index (χ4v) is 2.69. The van der Waals surface area contributed by atoms with E-state index in [-0.39, 0.29) is 29.5 Å². The van der Waals surface area contributed by atoms with Crippen LogP contribution >= 0.6 is 0 Å². The van der Waals surface area contributed by atoms with Gasteiger partial charge in [-0.3, -0.25) is 0 Å². The third-order valence-corrected chi connectivity index (χ3v) is 4.90. The molecule has 7 heteroatoms. The zero-order valence-corrected chi connectivity index (χ0v) is 16.3. The number of rotatable bonds is 4. The highest BCUT2D eigenvalue weighted by atomic mass is 19.3. The van der Waals surface area contributed by atoms with E-state index in [4.69, 9.17) is 0 Å². The van der Waals surface area contributed by atoms with Crippen LogP contribution in [-0.2, 0) is 11.8 Å². The van der Waals surface area contributed by atoms with Gasteiger partial charge in [-0.05, 0) is 62.4 Å². The lowest BCUT2D eigenvalue weighted by Gasteiger charge is -2.23. The second-order valence-corrected chi connectivity index (χ2v) is 7.33. The first-order chi connectivity index (χ1) is 13.3. The molecule has 158 valence electrons. The number of allylic oxidation sites excluding steroid dienone is 1. The van der Waals surface area contributed by atoms with E-state index >= 15 is 0 Å². The molecule has 1 aliphatic carbocycles. The molecule has 0 atom stereocenters. The molecule has 2 aromatic rings. The Hall–Kier alpha value is -2.28. The minimum absolute atomic E-state index is 0.0212. The summed E-state index contributed by atoms with van der Waals surface area (Å²) in [6.45, 7) is 7.21. The van der Waals surface area contributed by atoms with Gasteiger partial charge in [-0.25, -0.2) is 8.78 Å². The summed E-state index contributed by atoms with van der Waals surface area (Å²) in [6, 6.07) is 7.76. The van der Waals surface area contributed by atoms with Gasteiger partial charge in [-0.2, -0.15) is 17.6 Å². The van der Waals surface area contributed by atoms with Gasteiger partial charge in [0.15, 0.2) is 0 Å². The minimum Gasteiger partial charge on any atom is -0.383 e. The van der Waals surface area contributed by atoms with Gasteiger partial charge in [0.1, 0.15) is 17.2 Å². The first kappa shape index (κ1) is 23.0. The van der Waals surface area contributed by atoms with Crippen molar-refractivity contribution in [3.63, 3.8) is 0 Å². The van der Waals surface area contributed by atoms with Crippen LogP contribution in [0.25, 0.3) is 0 Å². The highest BCUT2D eigenvalue weighted by Gasteiger charge is 2.62. The Kier molecular flexibility index (Phi) is 6.23. The standard InChI is InChI=1S/C11H11F3O.C11H11F3/c1-7-3-2-4-8(9(7)12)11(13,14)10(15)5-6-10;1-7(2)11(13,14)9-6-4-5-8(3)10(9)12/h2-4,15H,5-6H2,1H3;4-6H,1H2,2-3H3. The minimum atomic E-state index is -3.50. The number of aliphatic hydroxyl groups is 1. The topological polar surface area (TPSA) is 20.2 Å². The zero-order valence-electron chi connectivity index (χ0n) is 16.3. The first-order valence-corrected chi connectivity index (χ1v) is 8.91. The summed E-state index contributed by atoms with van der Waals surface area (Å²) < 4.78 is 80.9. The van der Waals surface area contributed by atoms with E-state index in [1.807, 2.05) is 0 Å². The lowest BCUT2D eigenvalue weighted by molar-refractivity contribution is -0.134. The van der Waals surface area contributed by atoms with Crippen LogP contribution in [0.3, 0.4) is 0 Å². The normalized spacial score (nSPS) is 15.4. The van der Waals surface area contributed by atoms with Crippen LogP contribution in [0.5, 0.6) is 0 Å². The van der Waals surface area contributed by atoms with Crippen LogP contribution in [0.4, 0.5) is 26.3 Å². The third kappa shape index (κ3) is 4.34. The predicted molar refractivity (Wildman–Crippen MR) is 99.1 cm³/mol. The summed E-state index contributed by atoms with van der Waals surface area (Å²) >= 11 is 0. The fourth-order valence-electron chi connectivity index (χ4n) is 2.69. The summed E-state index contributed by atoms with van der Waals surface area (Å²) in [5, 5.41) is 9.41. The Morgan fingerprint density at radius 2 is 1.31 bits per heavy atom. The van der Waals surface area contributed by atoms with Gasteiger partial charge < -0.3 is 5.11 Å². The van der Waals surface area contributed by atoms with Gasteiger partial charge in [-0.1, -0.05) is 30.8 Å². The number of alkyl halides is 4. The van der Waals surface area contributed by atoms with Crippen LogP contribution in [0.2, 0.25) is 0 Å². The number of aryl methyl sites for hydroxylation is 2. The van der Waals surface area contributed by atoms with Crippen molar-refractivity contribution >= 4 is 0 Å². The molecule has 0 heterocycles. The molecule has 0 bridgehead atoms. The maximum Gasteiger partial charge on any atom is 0.304 e. The smallest absolute Gasteiger partial charge is 0.304 e. The Balaban J connectivity index is 0.000000208. The molecule has 1 nitrogen and oxygen atoms in total. The molecule has 2 aromatic carbocycles. The first-order valence-electron chi connectivity index (χ1n) is 8.91. The van der Waals surface area contributed by atoms with Crippen molar-refractivity contribution in [2.24, 2.45) is 0 Å². The predicted octanol–water partition coefficient (Wildman–Crippen LogP) is 6.55. The molecule has 1 saturated carbocycles. The van der Waals surface area contributed by atoms with Crippen molar-refractivity contribution in [3.8, 4) is 0 Å². The molecule has 0 aromatic heterocycles. The molecule has 0 aliphatic heterocycles. The van der Waals surface area contributed by atoms with Crippen molar-refractivity contribution < 1.29 is 31.4 Å². The lowest BCUT2D eigenvalue weighted by atomic mass is 9.99. The SMILES string of the molecule is C=C(C)C(F)(F)c1cccc(C)c1F.Cc1cccc(C(F)(F)C2(O)CC2)c1F. The summed E-state index contributed by atoms with van der Waals surface area (Å²) in [6.07, 6.45) is 0.0424. The van der Waals surface area contributed by atoms with Gasteiger partial charge in [0.05, 0.1) is 11.1 Å². The summed E-state index contributed by atoms with van der Waals surface area (Å²) in [7, 11) is 0. The average molecular weight is 416 g/mol. The summed E-state index contributed by atoms with van der Waals surface area (Å²) in [4.78, 5) is 0. The molecular formula is C22H22F6O. The van der Waals surface area contributed by atoms with Gasteiger partial charge in [0, 0.05) is 0 Å². The molecule has 1 fully saturated rings. The highest BCUT2D eigenvalue weighted by Crippen LogP contribution is 2.54. The zero-order chi connectivity index (χ0) is 22.2. The Bertz CT molecular complexity index is 916. The monoisotopic (exact) mass is 416 g/mol. The van der Waals surface area contributed by atoms with E-state index in [2.05, 4.69) is 6.58 Å². The molecule has 0 saturated heterocycles. The van der Waals surface area contributed by atoms with Crippen LogP contribution in [0.1, 0.15) is 42.0 Å². The van der Waals surface area contributed by atoms with Crippen molar-refractivity contribution in [2.45, 2.75) is 51.1 Å². The Labute approximate surface area is 165 Å². The Morgan fingerprint density at radius 3 is 1.72 bits per heavy atom. The quantitative estimate of drug-likeness (QED) is 0.443. The van der Waals surface area contributed by atoms with Gasteiger partial charge in [0.25, 0.3) is 5.92 Å². The maximum absolute atomic E-state index is 13.7. The van der Waals surface area contributed by atoms with Crippen LogP contribution in [-0.4, -0.2) is 10.7 Å². The summed E-state index contributed by atoms with van der Waals surface area (Å²) in [5.74, 6) is -8.58. The largest absolute Gasteiger partial charge is 0.383 e. The van der Waals surface area contributed by atoms with Crippen molar-refractivity contribution in [3.05, 3.63) is 82.4 Å². The molecule has 0 spiro atoms. The van der Waals surface area contributed by atoms with E-state index in [1.54, 1.807) is 0 Å². The van der Waals surface area contributed by atoms with E-state index in [1.165, 1.54) is 45.0 Å². The highest BCUT2D eigenvalue weighted by molar-refractivity contribution is 5.33. The van der Waals surface area contributed by atoms with Gasteiger partial charge in [-0.15, -0.1) is 0 Å². The van der Waals surface area contributed by atoms with Crippen molar-refractivity contribution in [1.29, 1.82) is 0 Å². The molecule has 0 amide bonds. The number of benzene rings is 2. The number of hydrogen-bond donors (Lipinski definition) is 1. The molecule has 1 N–H and O–H groups in total. The molecule has 29 heavy (non-hydrogen) atoms. The van der Waals surface area contributed by atoms with Crippen LogP contribution in [0.15, 0.2) is 48.6 Å². The van der Waals surface area contributed by atoms with Crippen LogP contribution < -0.4 is 0 Å². The number of hydrogen-bond acceptors (Lipinski definition) is 1. The average Bonchev–Trinajstić information content (AvgIpc) is 3.39. The second kappa shape index (κ2) is 7.86. The molecular weight excluding hydrogens is 394 g/mol. The molecule has 0 unspecified atom stereocenters. The maximum atomic E-state index is 13.7. The fraction of sp³-hybridized carbons (Fsp3) is 0.364. The van der Waals surface area contributed by atoms with Gasteiger partial charge in [0.2, 0.25) is 0 Å². The summed E-state index contributed by atoms with van der Waals surface area (Å²) in [5.41, 5.74) is -3.34. The molecule has 3 rings (SSSR count). The van der Waals surface area contributed by atoms with E-state index in [0.29, 0.717) is 0 Å². The van der Waals surface area contributed by atoms with E-state index < -0.39 is 40.2 Å². The van der Waals surface area contributed by atoms with E-state index in [9.17, 15) is 31.4 Å². The van der Waals surface area contributed by atoms with Crippen LogP contribution in [0, 0.1) is 25.5 Å². The second-order valence-electron chi connectivity index (χ2n) is 7.33.